The highest BCUT2D eigenvalue weighted by Gasteiger charge is 2.65. The van der Waals surface area contributed by atoms with Crippen LogP contribution in [0, 0.1) is 5.41 Å². The van der Waals surface area contributed by atoms with Crippen molar-refractivity contribution in [3.63, 3.8) is 0 Å². The summed E-state index contributed by atoms with van der Waals surface area (Å²) in [7, 11) is 0. The Kier molecular flexibility index (Phi) is 10.6. The van der Waals surface area contributed by atoms with Crippen LogP contribution in [-0.4, -0.2) is 87.9 Å². The van der Waals surface area contributed by atoms with E-state index in [2.05, 4.69) is 21.3 Å². The molecule has 4 amide bonds. The van der Waals surface area contributed by atoms with E-state index in [1.54, 1.807) is 37.3 Å². The van der Waals surface area contributed by atoms with Crippen molar-refractivity contribution in [1.29, 1.82) is 0 Å². The minimum atomic E-state index is -1.44. The lowest BCUT2D eigenvalue weighted by molar-refractivity contribution is -0.141. The number of aliphatic hydroxyl groups is 1. The highest BCUT2D eigenvalue weighted by Crippen LogP contribution is 2.65. The summed E-state index contributed by atoms with van der Waals surface area (Å²) >= 11 is 1.39. The predicted molar refractivity (Wildman–Crippen MR) is 171 cm³/mol. The third-order valence-corrected chi connectivity index (χ3v) is 9.94. The molecule has 6 N–H and O–H groups in total. The van der Waals surface area contributed by atoms with Gasteiger partial charge in [0.2, 0.25) is 23.6 Å². The third-order valence-electron chi connectivity index (χ3n) is 8.88. The maximum absolute atomic E-state index is 13.2. The number of nitrogens with one attached hydrogen (secondary N) is 4. The van der Waals surface area contributed by atoms with Crippen LogP contribution < -0.4 is 21.3 Å². The molecular weight excluding hydrogens is 612 g/mol. The van der Waals surface area contributed by atoms with E-state index in [0.717, 1.165) is 40.7 Å². The predicted octanol–water partition coefficient (Wildman–Crippen LogP) is 0.956. The monoisotopic (exact) mass is 652 g/mol. The average Bonchev–Trinajstić information content (AvgIpc) is 3.76. The summed E-state index contributed by atoms with van der Waals surface area (Å²) in [5.41, 5.74) is 2.99. The number of carboxylic acid groups (broad SMARTS) is 1. The number of Topliss-reactive ketones (excluding diaryl/α,β-unsaturated/α-hetero) is 1. The standard InChI is InChI=1S/C33H40N4O8S/c1-18-12-22-28(19(2)33(10-11-33)32(4,45)29(22)41)23(18)16-46-17-25(36-20(3)38)30(42)35-14-26(39)34-15-27(40)37-24(31(43)44)13-21-8-6-5-7-9-21/h5-9,12,24-25,45H,10-11,13-17H2,1-4H3,(H,34,39)(H,35,42)(H,36,38)(H,37,40)(H,43,44)/t24-,25+,32-/m0/s1. The van der Waals surface area contributed by atoms with Crippen LogP contribution in [0.4, 0.5) is 0 Å². The Morgan fingerprint density at radius 2 is 1.61 bits per heavy atom. The van der Waals surface area contributed by atoms with Crippen LogP contribution >= 0.6 is 11.8 Å². The molecule has 1 aromatic rings. The molecule has 3 atom stereocenters. The number of carbonyl (C=O) groups is 6. The van der Waals surface area contributed by atoms with Gasteiger partial charge < -0.3 is 31.5 Å². The molecule has 1 spiro atoms. The fourth-order valence-electron chi connectivity index (χ4n) is 6.13. The fourth-order valence-corrected chi connectivity index (χ4v) is 7.30. The van der Waals surface area contributed by atoms with Crippen molar-refractivity contribution in [3.8, 4) is 0 Å². The molecule has 246 valence electrons. The smallest absolute Gasteiger partial charge is 0.326 e. The summed E-state index contributed by atoms with van der Waals surface area (Å²) in [4.78, 5) is 74.2. The first kappa shape index (κ1) is 34.6. The van der Waals surface area contributed by atoms with Gasteiger partial charge in [-0.3, -0.25) is 24.0 Å². The molecule has 3 aliphatic carbocycles. The van der Waals surface area contributed by atoms with Gasteiger partial charge in [0, 0.05) is 35.8 Å². The number of ketones is 1. The number of hydrogen-bond donors (Lipinski definition) is 6. The van der Waals surface area contributed by atoms with Gasteiger partial charge in [0.1, 0.15) is 17.7 Å². The van der Waals surface area contributed by atoms with Crippen LogP contribution in [0.3, 0.4) is 0 Å². The number of carboxylic acids is 1. The molecule has 0 saturated heterocycles. The van der Waals surface area contributed by atoms with E-state index in [0.29, 0.717) is 11.3 Å². The molecule has 0 bridgehead atoms. The van der Waals surface area contributed by atoms with Gasteiger partial charge in [0.15, 0.2) is 5.78 Å². The average molecular weight is 653 g/mol. The first-order valence-electron chi connectivity index (χ1n) is 15.0. The zero-order valence-corrected chi connectivity index (χ0v) is 27.1. The minimum Gasteiger partial charge on any atom is -0.480 e. The van der Waals surface area contributed by atoms with Crippen LogP contribution in [0.25, 0.3) is 0 Å². The number of thioether (sulfide) groups is 1. The SMILES string of the molecule is CC(=O)N[C@H](CSCC1=C(C)C=C2C(=O)[C@](C)(O)C3(CC3)C(C)=C21)C(=O)NCC(=O)NCC(=O)N[C@@H](Cc1ccccc1)C(=O)O. The van der Waals surface area contributed by atoms with Gasteiger partial charge in [-0.1, -0.05) is 35.9 Å². The summed E-state index contributed by atoms with van der Waals surface area (Å²) in [6.07, 6.45) is 3.37. The lowest BCUT2D eigenvalue weighted by Crippen LogP contribution is -2.51. The molecule has 1 saturated carbocycles. The van der Waals surface area contributed by atoms with E-state index in [1.165, 1.54) is 18.7 Å². The van der Waals surface area contributed by atoms with Crippen LogP contribution in [-0.2, 0) is 35.2 Å². The Labute approximate surface area is 271 Å². The first-order valence-corrected chi connectivity index (χ1v) is 16.2. The topological polar surface area (TPSA) is 191 Å². The molecule has 3 aliphatic rings. The molecule has 0 aliphatic heterocycles. The zero-order chi connectivity index (χ0) is 33.8. The minimum absolute atomic E-state index is 0.0706. The molecule has 46 heavy (non-hydrogen) atoms. The van der Waals surface area contributed by atoms with Gasteiger partial charge in [-0.15, -0.1) is 0 Å². The van der Waals surface area contributed by atoms with E-state index >= 15 is 0 Å². The van der Waals surface area contributed by atoms with Crippen LogP contribution in [0.5, 0.6) is 0 Å². The van der Waals surface area contributed by atoms with E-state index in [4.69, 9.17) is 0 Å². The quantitative estimate of drug-likeness (QED) is 0.170. The van der Waals surface area contributed by atoms with Gasteiger partial charge >= 0.3 is 5.97 Å². The van der Waals surface area contributed by atoms with Gasteiger partial charge in [0.25, 0.3) is 0 Å². The summed E-state index contributed by atoms with van der Waals surface area (Å²) in [6, 6.07) is 6.65. The zero-order valence-electron chi connectivity index (χ0n) is 26.3. The molecule has 0 aromatic heterocycles. The molecule has 0 heterocycles. The number of benzene rings is 1. The normalized spacial score (nSPS) is 20.8. The van der Waals surface area contributed by atoms with Gasteiger partial charge in [-0.25, -0.2) is 4.79 Å². The van der Waals surface area contributed by atoms with E-state index in [9.17, 15) is 39.0 Å². The maximum atomic E-state index is 13.2. The molecular formula is C33H40N4O8S. The van der Waals surface area contributed by atoms with Crippen molar-refractivity contribution >= 4 is 47.1 Å². The summed E-state index contributed by atoms with van der Waals surface area (Å²) in [6.45, 7) is 5.80. The summed E-state index contributed by atoms with van der Waals surface area (Å²) < 4.78 is 0. The van der Waals surface area contributed by atoms with Gasteiger partial charge in [-0.2, -0.15) is 11.8 Å². The molecule has 12 nitrogen and oxygen atoms in total. The van der Waals surface area contributed by atoms with E-state index in [1.807, 2.05) is 19.9 Å². The van der Waals surface area contributed by atoms with Crippen molar-refractivity contribution in [2.45, 2.75) is 64.6 Å². The first-order chi connectivity index (χ1) is 21.7. The number of carbonyl (C=O) groups excluding carboxylic acids is 5. The number of allylic oxidation sites excluding steroid dienone is 3. The number of hydrogen-bond acceptors (Lipinski definition) is 8. The second kappa shape index (κ2) is 14.0. The van der Waals surface area contributed by atoms with E-state index in [-0.39, 0.29) is 18.0 Å². The van der Waals surface area contributed by atoms with Crippen LogP contribution in [0.1, 0.15) is 46.1 Å². The molecule has 0 unspecified atom stereocenters. The van der Waals surface area contributed by atoms with Gasteiger partial charge in [-0.05, 0) is 62.0 Å². The number of amides is 4. The highest BCUT2D eigenvalue weighted by atomic mass is 32.2. The second-order valence-electron chi connectivity index (χ2n) is 12.1. The molecule has 0 radical (unpaired) electrons. The Balaban J connectivity index is 1.27. The third kappa shape index (κ3) is 7.42. The number of aliphatic carboxylic acids is 1. The Morgan fingerprint density at radius 3 is 2.22 bits per heavy atom. The van der Waals surface area contributed by atoms with Crippen molar-refractivity contribution in [2.75, 3.05) is 24.6 Å². The highest BCUT2D eigenvalue weighted by molar-refractivity contribution is 7.99. The Morgan fingerprint density at radius 1 is 0.957 bits per heavy atom. The van der Waals surface area contributed by atoms with Crippen LogP contribution in [0.2, 0.25) is 0 Å². The molecule has 4 rings (SSSR count). The lowest BCUT2D eigenvalue weighted by Gasteiger charge is -2.39. The number of fused-ring (bicyclic) bond motifs is 1. The van der Waals surface area contributed by atoms with Crippen molar-refractivity contribution < 1.29 is 39.0 Å². The lowest BCUT2D eigenvalue weighted by atomic mass is 9.67. The van der Waals surface area contributed by atoms with Gasteiger partial charge in [0.05, 0.1) is 13.1 Å². The molecule has 13 heteroatoms. The molecule has 1 aromatic carbocycles. The molecule has 1 fully saturated rings. The van der Waals surface area contributed by atoms with Crippen molar-refractivity contribution in [2.24, 2.45) is 5.41 Å². The summed E-state index contributed by atoms with van der Waals surface area (Å²) in [5.74, 6) is -3.24. The van der Waals surface area contributed by atoms with E-state index < -0.39 is 65.8 Å². The Bertz CT molecular complexity index is 1540. The number of rotatable bonds is 14. The summed E-state index contributed by atoms with van der Waals surface area (Å²) in [5, 5.41) is 30.3. The van der Waals surface area contributed by atoms with Crippen LogP contribution in [0.15, 0.2) is 64.3 Å². The van der Waals surface area contributed by atoms with Crippen molar-refractivity contribution in [1.82, 2.24) is 21.3 Å². The largest absolute Gasteiger partial charge is 0.480 e. The Hall–Kier alpha value is -4.23. The van der Waals surface area contributed by atoms with Crippen molar-refractivity contribution in [3.05, 3.63) is 69.8 Å². The second-order valence-corrected chi connectivity index (χ2v) is 13.1. The fraction of sp³-hybridized carbons (Fsp3) is 0.455. The maximum Gasteiger partial charge on any atom is 0.326 e.